The Hall–Kier alpha value is -1.39. The standard InChI is InChI=1S/C20H32N2O2/c1-4-19(24-18-12-8-9-13-18)20(23)21-14-17(15-22(2)3)16-10-6-5-7-11-16/h5-7,10-11,17-19H,4,8-9,12-15H2,1-3H3,(H,21,23). The third kappa shape index (κ3) is 5.91. The second-order valence-corrected chi connectivity index (χ2v) is 7.05. The van der Waals surface area contributed by atoms with Crippen LogP contribution >= 0.6 is 0 Å². The van der Waals surface area contributed by atoms with Crippen LogP contribution in [0.1, 0.15) is 50.5 Å². The molecule has 0 saturated heterocycles. The van der Waals surface area contributed by atoms with Crippen LogP contribution < -0.4 is 5.32 Å². The quantitative estimate of drug-likeness (QED) is 0.755. The lowest BCUT2D eigenvalue weighted by molar-refractivity contribution is -0.136. The molecule has 1 aromatic rings. The summed E-state index contributed by atoms with van der Waals surface area (Å²) < 4.78 is 6.02. The Kier molecular flexibility index (Phi) is 7.73. The van der Waals surface area contributed by atoms with Gasteiger partial charge in [0.25, 0.3) is 0 Å². The second kappa shape index (κ2) is 9.80. The molecule has 4 nitrogen and oxygen atoms in total. The van der Waals surface area contributed by atoms with Crippen LogP contribution in [0.5, 0.6) is 0 Å². The summed E-state index contributed by atoms with van der Waals surface area (Å²) in [6, 6.07) is 10.4. The number of amides is 1. The van der Waals surface area contributed by atoms with Gasteiger partial charge in [0.1, 0.15) is 6.10 Å². The van der Waals surface area contributed by atoms with Gasteiger partial charge in [-0.2, -0.15) is 0 Å². The van der Waals surface area contributed by atoms with E-state index in [1.165, 1.54) is 18.4 Å². The predicted molar refractivity (Wildman–Crippen MR) is 98.2 cm³/mol. The van der Waals surface area contributed by atoms with Crippen LogP contribution in [0.2, 0.25) is 0 Å². The van der Waals surface area contributed by atoms with Crippen LogP contribution in [-0.4, -0.2) is 50.2 Å². The van der Waals surface area contributed by atoms with E-state index in [1.807, 2.05) is 13.0 Å². The summed E-state index contributed by atoms with van der Waals surface area (Å²) in [5.41, 5.74) is 1.26. The molecule has 1 fully saturated rings. The highest BCUT2D eigenvalue weighted by Crippen LogP contribution is 2.23. The SMILES string of the molecule is CCC(OC1CCCC1)C(=O)NCC(CN(C)C)c1ccccc1. The molecule has 1 aliphatic carbocycles. The largest absolute Gasteiger partial charge is 0.365 e. The van der Waals surface area contributed by atoms with Gasteiger partial charge in [-0.3, -0.25) is 4.79 Å². The van der Waals surface area contributed by atoms with E-state index in [0.717, 1.165) is 25.8 Å². The summed E-state index contributed by atoms with van der Waals surface area (Å²) in [5.74, 6) is 0.318. The summed E-state index contributed by atoms with van der Waals surface area (Å²) in [7, 11) is 4.13. The number of hydrogen-bond donors (Lipinski definition) is 1. The number of nitrogens with one attached hydrogen (secondary N) is 1. The number of nitrogens with zero attached hydrogens (tertiary/aromatic N) is 1. The molecule has 2 rings (SSSR count). The fourth-order valence-electron chi connectivity index (χ4n) is 3.39. The molecule has 0 radical (unpaired) electrons. The van der Waals surface area contributed by atoms with Crippen LogP contribution in [0.4, 0.5) is 0 Å². The molecular formula is C20H32N2O2. The van der Waals surface area contributed by atoms with Gasteiger partial charge < -0.3 is 15.0 Å². The molecule has 1 aliphatic rings. The first kappa shape index (κ1) is 18.9. The van der Waals surface area contributed by atoms with Gasteiger partial charge in [0.2, 0.25) is 5.91 Å². The third-order valence-corrected chi connectivity index (χ3v) is 4.70. The lowest BCUT2D eigenvalue weighted by Crippen LogP contribution is -2.41. The summed E-state index contributed by atoms with van der Waals surface area (Å²) in [6.07, 6.45) is 5.32. The number of carbonyl (C=O) groups is 1. The Morgan fingerprint density at radius 2 is 1.92 bits per heavy atom. The molecule has 0 bridgehead atoms. The number of likely N-dealkylation sites (N-methyl/N-ethyl adjacent to an activating group) is 1. The average molecular weight is 332 g/mol. The highest BCUT2D eigenvalue weighted by Gasteiger charge is 2.25. The molecular weight excluding hydrogens is 300 g/mol. The molecule has 1 aromatic carbocycles. The Morgan fingerprint density at radius 1 is 1.25 bits per heavy atom. The van der Waals surface area contributed by atoms with Gasteiger partial charge in [-0.05, 0) is 38.9 Å². The number of rotatable bonds is 9. The fourth-order valence-corrected chi connectivity index (χ4v) is 3.39. The zero-order valence-corrected chi connectivity index (χ0v) is 15.3. The number of carbonyl (C=O) groups excluding carboxylic acids is 1. The van der Waals surface area contributed by atoms with Crippen LogP contribution in [0, 0.1) is 0 Å². The zero-order valence-electron chi connectivity index (χ0n) is 15.3. The molecule has 0 heterocycles. The van der Waals surface area contributed by atoms with Crippen molar-refractivity contribution in [3.8, 4) is 0 Å². The van der Waals surface area contributed by atoms with Gasteiger partial charge in [-0.1, -0.05) is 50.1 Å². The van der Waals surface area contributed by atoms with Gasteiger partial charge in [0.15, 0.2) is 0 Å². The second-order valence-electron chi connectivity index (χ2n) is 7.05. The maximum atomic E-state index is 12.5. The van der Waals surface area contributed by atoms with Gasteiger partial charge in [0.05, 0.1) is 6.10 Å². The predicted octanol–water partition coefficient (Wildman–Crippen LogP) is 3.19. The lowest BCUT2D eigenvalue weighted by Gasteiger charge is -2.24. The monoisotopic (exact) mass is 332 g/mol. The minimum absolute atomic E-state index is 0.0316. The summed E-state index contributed by atoms with van der Waals surface area (Å²) in [6.45, 7) is 3.57. The molecule has 134 valence electrons. The van der Waals surface area contributed by atoms with Crippen molar-refractivity contribution in [2.75, 3.05) is 27.2 Å². The average Bonchev–Trinajstić information content (AvgIpc) is 3.09. The van der Waals surface area contributed by atoms with Gasteiger partial charge in [0, 0.05) is 19.0 Å². The molecule has 2 unspecified atom stereocenters. The van der Waals surface area contributed by atoms with Crippen LogP contribution in [0.25, 0.3) is 0 Å². The first-order chi connectivity index (χ1) is 11.6. The van der Waals surface area contributed by atoms with E-state index in [4.69, 9.17) is 4.74 Å². The van der Waals surface area contributed by atoms with E-state index in [9.17, 15) is 4.79 Å². The minimum atomic E-state index is -0.316. The van der Waals surface area contributed by atoms with Gasteiger partial charge in [-0.15, -0.1) is 0 Å². The van der Waals surface area contributed by atoms with Crippen LogP contribution in [0.3, 0.4) is 0 Å². The lowest BCUT2D eigenvalue weighted by atomic mass is 9.98. The van der Waals surface area contributed by atoms with Gasteiger partial charge in [-0.25, -0.2) is 0 Å². The normalized spacial score (nSPS) is 17.8. The van der Waals surface area contributed by atoms with E-state index >= 15 is 0 Å². The highest BCUT2D eigenvalue weighted by atomic mass is 16.5. The number of hydrogen-bond acceptors (Lipinski definition) is 3. The first-order valence-corrected chi connectivity index (χ1v) is 9.23. The van der Waals surface area contributed by atoms with E-state index in [1.54, 1.807) is 0 Å². The first-order valence-electron chi connectivity index (χ1n) is 9.23. The summed E-state index contributed by atoms with van der Waals surface area (Å²) >= 11 is 0. The Balaban J connectivity index is 1.90. The maximum absolute atomic E-state index is 12.5. The number of benzene rings is 1. The molecule has 0 spiro atoms. The molecule has 24 heavy (non-hydrogen) atoms. The van der Waals surface area contributed by atoms with E-state index in [-0.39, 0.29) is 24.0 Å². The Bertz CT molecular complexity index is 484. The maximum Gasteiger partial charge on any atom is 0.249 e. The van der Waals surface area contributed by atoms with Crippen molar-refractivity contribution in [3.05, 3.63) is 35.9 Å². The van der Waals surface area contributed by atoms with Crippen molar-refractivity contribution < 1.29 is 9.53 Å². The van der Waals surface area contributed by atoms with Crippen molar-refractivity contribution in [3.63, 3.8) is 0 Å². The van der Waals surface area contributed by atoms with Crippen molar-refractivity contribution in [2.45, 2.75) is 57.2 Å². The van der Waals surface area contributed by atoms with Crippen molar-refractivity contribution in [1.82, 2.24) is 10.2 Å². The van der Waals surface area contributed by atoms with Crippen molar-refractivity contribution >= 4 is 5.91 Å². The van der Waals surface area contributed by atoms with Crippen molar-refractivity contribution in [2.24, 2.45) is 0 Å². The highest BCUT2D eigenvalue weighted by molar-refractivity contribution is 5.80. The molecule has 2 atom stereocenters. The third-order valence-electron chi connectivity index (χ3n) is 4.70. The molecule has 0 aliphatic heterocycles. The summed E-state index contributed by atoms with van der Waals surface area (Å²) in [4.78, 5) is 14.7. The zero-order chi connectivity index (χ0) is 17.4. The molecule has 4 heteroatoms. The van der Waals surface area contributed by atoms with E-state index < -0.39 is 0 Å². The number of ether oxygens (including phenoxy) is 1. The molecule has 1 N–H and O–H groups in total. The van der Waals surface area contributed by atoms with Gasteiger partial charge >= 0.3 is 0 Å². The van der Waals surface area contributed by atoms with Crippen molar-refractivity contribution in [1.29, 1.82) is 0 Å². The van der Waals surface area contributed by atoms with Crippen LogP contribution in [0.15, 0.2) is 30.3 Å². The van der Waals surface area contributed by atoms with E-state index in [0.29, 0.717) is 6.54 Å². The topological polar surface area (TPSA) is 41.6 Å². The smallest absolute Gasteiger partial charge is 0.249 e. The molecule has 1 saturated carbocycles. The minimum Gasteiger partial charge on any atom is -0.365 e. The van der Waals surface area contributed by atoms with E-state index in [2.05, 4.69) is 48.6 Å². The molecule has 0 aromatic heterocycles. The molecule has 1 amide bonds. The Morgan fingerprint density at radius 3 is 2.50 bits per heavy atom. The van der Waals surface area contributed by atoms with Crippen LogP contribution in [-0.2, 0) is 9.53 Å². The Labute approximate surface area is 146 Å². The summed E-state index contributed by atoms with van der Waals surface area (Å²) in [5, 5.41) is 3.12. The fraction of sp³-hybridized carbons (Fsp3) is 0.650.